The normalized spacial score (nSPS) is 11.4. The molecule has 0 aliphatic rings. The number of anilines is 1. The Hall–Kier alpha value is -0.800. The number of nitrogens with zero attached hydrogens (tertiary/aromatic N) is 2. The third-order valence-electron chi connectivity index (χ3n) is 3.16. The molecule has 0 bridgehead atoms. The van der Waals surface area contributed by atoms with Gasteiger partial charge in [0.05, 0.1) is 5.02 Å². The van der Waals surface area contributed by atoms with Crippen LogP contribution in [0.2, 0.25) is 5.02 Å². The van der Waals surface area contributed by atoms with Gasteiger partial charge in [0.15, 0.2) is 0 Å². The van der Waals surface area contributed by atoms with Gasteiger partial charge in [0, 0.05) is 25.8 Å². The SMILES string of the molecule is CCCNCc1cc(N(CC(C)C)CC(C)C)ncc1Cl. The highest BCUT2D eigenvalue weighted by Crippen LogP contribution is 2.22. The van der Waals surface area contributed by atoms with Crippen LogP contribution in [0.15, 0.2) is 12.3 Å². The molecule has 1 heterocycles. The van der Waals surface area contributed by atoms with Gasteiger partial charge in [-0.15, -0.1) is 0 Å². The quantitative estimate of drug-likeness (QED) is 0.687. The van der Waals surface area contributed by atoms with Crippen LogP contribution in [0.25, 0.3) is 0 Å². The molecule has 0 radical (unpaired) electrons. The lowest BCUT2D eigenvalue weighted by Gasteiger charge is -2.28. The monoisotopic (exact) mass is 311 g/mol. The summed E-state index contributed by atoms with van der Waals surface area (Å²) in [5.41, 5.74) is 1.13. The highest BCUT2D eigenvalue weighted by molar-refractivity contribution is 6.31. The third kappa shape index (κ3) is 6.66. The van der Waals surface area contributed by atoms with Crippen LogP contribution in [0, 0.1) is 11.8 Å². The van der Waals surface area contributed by atoms with Crippen LogP contribution < -0.4 is 10.2 Å². The van der Waals surface area contributed by atoms with Gasteiger partial charge in [0.25, 0.3) is 0 Å². The molecular formula is C17H30ClN3. The zero-order valence-corrected chi connectivity index (χ0v) is 14.9. The van der Waals surface area contributed by atoms with E-state index in [2.05, 4.69) is 55.9 Å². The first kappa shape index (κ1) is 18.2. The second kappa shape index (κ2) is 9.26. The van der Waals surface area contributed by atoms with Crippen molar-refractivity contribution in [3.63, 3.8) is 0 Å². The molecule has 3 nitrogen and oxygen atoms in total. The number of halogens is 1. The third-order valence-corrected chi connectivity index (χ3v) is 3.50. The van der Waals surface area contributed by atoms with Crippen molar-refractivity contribution in [3.05, 3.63) is 22.8 Å². The standard InChI is InChI=1S/C17H30ClN3/c1-6-7-19-9-15-8-17(20-10-16(15)18)21(11-13(2)3)12-14(4)5/h8,10,13-14,19H,6-7,9,11-12H2,1-5H3. The smallest absolute Gasteiger partial charge is 0.128 e. The molecule has 1 rings (SSSR count). The van der Waals surface area contributed by atoms with E-state index in [9.17, 15) is 0 Å². The number of aromatic nitrogens is 1. The Bertz CT molecular complexity index is 408. The van der Waals surface area contributed by atoms with Gasteiger partial charge >= 0.3 is 0 Å². The Kier molecular flexibility index (Phi) is 8.05. The molecule has 0 fully saturated rings. The maximum atomic E-state index is 6.27. The summed E-state index contributed by atoms with van der Waals surface area (Å²) < 4.78 is 0. The van der Waals surface area contributed by atoms with Gasteiger partial charge < -0.3 is 10.2 Å². The molecular weight excluding hydrogens is 282 g/mol. The Labute approximate surface area is 135 Å². The van der Waals surface area contributed by atoms with E-state index in [0.29, 0.717) is 11.8 Å². The summed E-state index contributed by atoms with van der Waals surface area (Å²) >= 11 is 6.27. The van der Waals surface area contributed by atoms with Gasteiger partial charge in [0.1, 0.15) is 5.82 Å². The molecule has 4 heteroatoms. The summed E-state index contributed by atoms with van der Waals surface area (Å²) in [5.74, 6) is 2.26. The van der Waals surface area contributed by atoms with E-state index >= 15 is 0 Å². The van der Waals surface area contributed by atoms with Crippen molar-refractivity contribution in [1.29, 1.82) is 0 Å². The van der Waals surface area contributed by atoms with Crippen molar-refractivity contribution >= 4 is 17.4 Å². The minimum atomic E-state index is 0.614. The van der Waals surface area contributed by atoms with Crippen LogP contribution in [0.1, 0.15) is 46.6 Å². The number of hydrogen-bond acceptors (Lipinski definition) is 3. The highest BCUT2D eigenvalue weighted by atomic mass is 35.5. The van der Waals surface area contributed by atoms with Crippen molar-refractivity contribution in [1.82, 2.24) is 10.3 Å². The van der Waals surface area contributed by atoms with Crippen molar-refractivity contribution < 1.29 is 0 Å². The van der Waals surface area contributed by atoms with Gasteiger partial charge in [-0.25, -0.2) is 4.98 Å². The van der Waals surface area contributed by atoms with Gasteiger partial charge in [-0.1, -0.05) is 46.2 Å². The fourth-order valence-electron chi connectivity index (χ4n) is 2.32. The number of hydrogen-bond donors (Lipinski definition) is 1. The van der Waals surface area contributed by atoms with E-state index in [1.807, 2.05) is 0 Å². The van der Waals surface area contributed by atoms with Crippen molar-refractivity contribution in [3.8, 4) is 0 Å². The van der Waals surface area contributed by atoms with Gasteiger partial charge in [-0.2, -0.15) is 0 Å². The van der Waals surface area contributed by atoms with Gasteiger partial charge in [0.2, 0.25) is 0 Å². The lowest BCUT2D eigenvalue weighted by Crippen LogP contribution is -2.32. The van der Waals surface area contributed by atoms with E-state index < -0.39 is 0 Å². The second-order valence-corrected chi connectivity index (χ2v) is 6.91. The molecule has 1 aromatic rings. The molecule has 0 saturated heterocycles. The summed E-state index contributed by atoms with van der Waals surface area (Å²) in [6.45, 7) is 15.0. The number of nitrogens with one attached hydrogen (secondary N) is 1. The molecule has 1 N–H and O–H groups in total. The van der Waals surface area contributed by atoms with Crippen LogP contribution in [0.3, 0.4) is 0 Å². The molecule has 1 aromatic heterocycles. The van der Waals surface area contributed by atoms with E-state index in [-0.39, 0.29) is 0 Å². The first-order valence-electron chi connectivity index (χ1n) is 8.04. The molecule has 21 heavy (non-hydrogen) atoms. The second-order valence-electron chi connectivity index (χ2n) is 6.50. The lowest BCUT2D eigenvalue weighted by atomic mass is 10.1. The molecule has 0 atom stereocenters. The Balaban J connectivity index is 2.88. The summed E-state index contributed by atoms with van der Waals surface area (Å²) in [6.07, 6.45) is 2.91. The zero-order chi connectivity index (χ0) is 15.8. The summed E-state index contributed by atoms with van der Waals surface area (Å²) in [5, 5.41) is 4.16. The Morgan fingerprint density at radius 3 is 2.33 bits per heavy atom. The number of rotatable bonds is 9. The van der Waals surface area contributed by atoms with E-state index in [4.69, 9.17) is 11.6 Å². The van der Waals surface area contributed by atoms with Crippen molar-refractivity contribution in [2.45, 2.75) is 47.6 Å². The van der Waals surface area contributed by atoms with Crippen LogP contribution in [0.5, 0.6) is 0 Å². The predicted octanol–water partition coefficient (Wildman–Crippen LogP) is 4.35. The van der Waals surface area contributed by atoms with E-state index in [0.717, 1.165) is 49.0 Å². The van der Waals surface area contributed by atoms with E-state index in [1.165, 1.54) is 0 Å². The summed E-state index contributed by atoms with van der Waals surface area (Å²) in [6, 6.07) is 2.13. The van der Waals surface area contributed by atoms with Crippen molar-refractivity contribution in [2.75, 3.05) is 24.5 Å². The maximum absolute atomic E-state index is 6.27. The van der Waals surface area contributed by atoms with Crippen LogP contribution in [-0.4, -0.2) is 24.6 Å². The largest absolute Gasteiger partial charge is 0.356 e. The number of pyridine rings is 1. The molecule has 120 valence electrons. The highest BCUT2D eigenvalue weighted by Gasteiger charge is 2.13. The molecule has 0 unspecified atom stereocenters. The zero-order valence-electron chi connectivity index (χ0n) is 14.1. The first-order valence-corrected chi connectivity index (χ1v) is 8.41. The minimum absolute atomic E-state index is 0.614. The average Bonchev–Trinajstić information content (AvgIpc) is 2.39. The Morgan fingerprint density at radius 2 is 1.81 bits per heavy atom. The summed E-state index contributed by atoms with van der Waals surface area (Å²) in [4.78, 5) is 6.91. The minimum Gasteiger partial charge on any atom is -0.356 e. The van der Waals surface area contributed by atoms with Gasteiger partial charge in [-0.05, 0) is 36.4 Å². The Morgan fingerprint density at radius 1 is 1.19 bits per heavy atom. The van der Waals surface area contributed by atoms with Crippen LogP contribution >= 0.6 is 11.6 Å². The molecule has 0 spiro atoms. The molecule has 0 aliphatic heterocycles. The molecule has 0 aromatic carbocycles. The lowest BCUT2D eigenvalue weighted by molar-refractivity contribution is 0.548. The molecule has 0 amide bonds. The topological polar surface area (TPSA) is 28.2 Å². The van der Waals surface area contributed by atoms with Gasteiger partial charge in [-0.3, -0.25) is 0 Å². The molecule has 0 saturated carbocycles. The average molecular weight is 312 g/mol. The maximum Gasteiger partial charge on any atom is 0.128 e. The molecule has 0 aliphatic carbocycles. The summed E-state index contributed by atoms with van der Waals surface area (Å²) in [7, 11) is 0. The van der Waals surface area contributed by atoms with Crippen LogP contribution in [0.4, 0.5) is 5.82 Å². The van der Waals surface area contributed by atoms with E-state index in [1.54, 1.807) is 6.20 Å². The first-order chi connectivity index (χ1) is 9.93. The predicted molar refractivity (Wildman–Crippen MR) is 93.1 cm³/mol. The van der Waals surface area contributed by atoms with Crippen molar-refractivity contribution in [2.24, 2.45) is 11.8 Å². The fourth-order valence-corrected chi connectivity index (χ4v) is 2.49. The fraction of sp³-hybridized carbons (Fsp3) is 0.706. The van der Waals surface area contributed by atoms with Crippen LogP contribution in [-0.2, 0) is 6.54 Å².